The van der Waals surface area contributed by atoms with Crippen LogP contribution in [0.25, 0.3) is 0 Å². The summed E-state index contributed by atoms with van der Waals surface area (Å²) < 4.78 is 5.89. The Labute approximate surface area is 191 Å². The molecule has 168 valence electrons. The number of nitrogens with zero attached hydrogens (tertiary/aromatic N) is 1. The van der Waals surface area contributed by atoms with E-state index in [1.807, 2.05) is 68.4 Å². The summed E-state index contributed by atoms with van der Waals surface area (Å²) in [6, 6.07) is 21.3. The van der Waals surface area contributed by atoms with Crippen molar-refractivity contribution < 1.29 is 14.5 Å². The molecule has 1 amide bonds. The van der Waals surface area contributed by atoms with Gasteiger partial charge in [-0.05, 0) is 43.2 Å². The molecule has 4 atom stereocenters. The molecule has 2 aliphatic heterocycles. The molecule has 0 aliphatic carbocycles. The number of rotatable bonds is 5. The first-order chi connectivity index (χ1) is 15.9. The zero-order valence-electron chi connectivity index (χ0n) is 18.4. The van der Waals surface area contributed by atoms with E-state index in [1.165, 1.54) is 5.56 Å². The van der Waals surface area contributed by atoms with Crippen LogP contribution in [0, 0.1) is 17.0 Å². The van der Waals surface area contributed by atoms with Gasteiger partial charge in [0.15, 0.2) is 5.54 Å². The Bertz CT molecular complexity index is 1210. The van der Waals surface area contributed by atoms with Crippen LogP contribution in [0.3, 0.4) is 0 Å². The molecule has 2 N–H and O–H groups in total. The smallest absolute Gasteiger partial charge is 0.256 e. The lowest BCUT2D eigenvalue weighted by atomic mass is 9.78. The van der Waals surface area contributed by atoms with Crippen LogP contribution in [0.4, 0.5) is 5.69 Å². The van der Waals surface area contributed by atoms with Crippen molar-refractivity contribution in [3.8, 4) is 5.75 Å². The number of hydrogen-bond donors (Lipinski definition) is 2. The van der Waals surface area contributed by atoms with Crippen LogP contribution < -0.4 is 15.4 Å². The molecular weight excluding hydrogens is 418 g/mol. The lowest BCUT2D eigenvalue weighted by Gasteiger charge is -2.25. The largest absolute Gasteiger partial charge is 0.489 e. The van der Waals surface area contributed by atoms with Crippen LogP contribution in [0.1, 0.15) is 35.1 Å². The number of nitrogens with one attached hydrogen (secondary N) is 2. The fourth-order valence-electron chi connectivity index (χ4n) is 5.19. The minimum atomic E-state index is -1.40. The van der Waals surface area contributed by atoms with Gasteiger partial charge in [0.1, 0.15) is 12.4 Å². The van der Waals surface area contributed by atoms with Crippen LogP contribution in [0.15, 0.2) is 72.8 Å². The van der Waals surface area contributed by atoms with Crippen molar-refractivity contribution in [1.82, 2.24) is 5.32 Å². The van der Waals surface area contributed by atoms with Crippen LogP contribution >= 0.6 is 0 Å². The van der Waals surface area contributed by atoms with Gasteiger partial charge in [0, 0.05) is 22.2 Å². The van der Waals surface area contributed by atoms with Crippen molar-refractivity contribution in [3.05, 3.63) is 105 Å². The number of anilines is 1. The summed E-state index contributed by atoms with van der Waals surface area (Å²) >= 11 is 0. The van der Waals surface area contributed by atoms with Crippen LogP contribution in [0.2, 0.25) is 0 Å². The van der Waals surface area contributed by atoms with Gasteiger partial charge in [-0.3, -0.25) is 20.2 Å². The Hall–Kier alpha value is -3.71. The minimum absolute atomic E-state index is 0.281. The minimum Gasteiger partial charge on any atom is -0.489 e. The van der Waals surface area contributed by atoms with E-state index in [2.05, 4.69) is 10.6 Å². The highest BCUT2D eigenvalue weighted by molar-refractivity contribution is 6.07. The van der Waals surface area contributed by atoms with E-state index in [-0.39, 0.29) is 16.9 Å². The van der Waals surface area contributed by atoms with E-state index < -0.39 is 17.5 Å². The third kappa shape index (κ3) is 3.45. The third-order valence-corrected chi connectivity index (χ3v) is 6.75. The average molecular weight is 444 g/mol. The molecule has 7 heteroatoms. The van der Waals surface area contributed by atoms with Crippen molar-refractivity contribution in [1.29, 1.82) is 0 Å². The maximum atomic E-state index is 13.1. The summed E-state index contributed by atoms with van der Waals surface area (Å²) in [6.07, 6.45) is 0. The second kappa shape index (κ2) is 8.01. The van der Waals surface area contributed by atoms with Gasteiger partial charge in [-0.1, -0.05) is 60.2 Å². The molecule has 1 fully saturated rings. The monoisotopic (exact) mass is 443 g/mol. The number of para-hydroxylation sites is 1. The summed E-state index contributed by atoms with van der Waals surface area (Å²) in [4.78, 5) is 25.1. The van der Waals surface area contributed by atoms with E-state index in [1.54, 1.807) is 18.2 Å². The van der Waals surface area contributed by atoms with Crippen LogP contribution in [0.5, 0.6) is 5.75 Å². The number of amides is 1. The maximum Gasteiger partial charge on any atom is 0.256 e. The standard InChI is InChI=1S/C26H25N3O4/c1-16-7-9-18(10-8-16)15-33-20-13-11-19(12-14-20)23-17(2)28-26(24(23)29(31)32)21-5-3-4-6-22(21)27-25(26)30/h3-14,17,23-24,28H,15H2,1-2H3,(H,27,30)/t17-,23-,24+,26-/m0/s1. The van der Waals surface area contributed by atoms with Gasteiger partial charge in [-0.2, -0.15) is 0 Å². The van der Waals surface area contributed by atoms with E-state index in [4.69, 9.17) is 4.74 Å². The average Bonchev–Trinajstić information content (AvgIpc) is 3.27. The molecule has 2 aliphatic rings. The normalized spacial score (nSPS) is 25.6. The molecule has 3 aromatic carbocycles. The quantitative estimate of drug-likeness (QED) is 0.457. The van der Waals surface area contributed by atoms with Crippen LogP contribution in [-0.4, -0.2) is 22.9 Å². The second-order valence-corrected chi connectivity index (χ2v) is 8.84. The van der Waals surface area contributed by atoms with Gasteiger partial charge in [-0.15, -0.1) is 0 Å². The molecule has 0 saturated carbocycles. The van der Waals surface area contributed by atoms with E-state index in [0.717, 1.165) is 11.1 Å². The first-order valence-electron chi connectivity index (χ1n) is 11.0. The summed E-state index contributed by atoms with van der Waals surface area (Å²) in [6.45, 7) is 4.38. The Balaban J connectivity index is 1.42. The van der Waals surface area contributed by atoms with Crippen molar-refractivity contribution in [3.63, 3.8) is 0 Å². The van der Waals surface area contributed by atoms with Crippen LogP contribution in [-0.2, 0) is 16.9 Å². The summed E-state index contributed by atoms with van der Waals surface area (Å²) in [5, 5.41) is 18.5. The number of ether oxygens (including phenoxy) is 1. The number of fused-ring (bicyclic) bond motifs is 2. The Morgan fingerprint density at radius 1 is 1.03 bits per heavy atom. The summed E-state index contributed by atoms with van der Waals surface area (Å²) in [7, 11) is 0. The molecule has 3 aromatic rings. The number of carbonyl (C=O) groups excluding carboxylic acids is 1. The van der Waals surface area contributed by atoms with Gasteiger partial charge in [0.2, 0.25) is 0 Å². The van der Waals surface area contributed by atoms with Gasteiger partial charge in [0.25, 0.3) is 11.9 Å². The number of benzene rings is 3. The lowest BCUT2D eigenvalue weighted by Crippen LogP contribution is -2.54. The highest BCUT2D eigenvalue weighted by Gasteiger charge is 2.67. The molecule has 7 nitrogen and oxygen atoms in total. The molecule has 0 aromatic heterocycles. The molecule has 1 saturated heterocycles. The molecule has 33 heavy (non-hydrogen) atoms. The Morgan fingerprint density at radius 2 is 1.73 bits per heavy atom. The summed E-state index contributed by atoms with van der Waals surface area (Å²) in [5.41, 5.74) is 2.91. The summed E-state index contributed by atoms with van der Waals surface area (Å²) in [5.74, 6) is -0.171. The maximum absolute atomic E-state index is 13.1. The number of nitro groups is 1. The van der Waals surface area contributed by atoms with Gasteiger partial charge < -0.3 is 10.1 Å². The highest BCUT2D eigenvalue weighted by Crippen LogP contribution is 2.49. The first kappa shape index (κ1) is 21.2. The Morgan fingerprint density at radius 3 is 2.42 bits per heavy atom. The zero-order chi connectivity index (χ0) is 23.2. The van der Waals surface area contributed by atoms with Crippen molar-refractivity contribution >= 4 is 11.6 Å². The first-order valence-corrected chi connectivity index (χ1v) is 11.0. The molecule has 5 rings (SSSR count). The highest BCUT2D eigenvalue weighted by atomic mass is 16.6. The molecule has 0 unspecified atom stereocenters. The predicted molar refractivity (Wildman–Crippen MR) is 125 cm³/mol. The van der Waals surface area contributed by atoms with E-state index >= 15 is 0 Å². The number of carbonyl (C=O) groups is 1. The topological polar surface area (TPSA) is 93.5 Å². The van der Waals surface area contributed by atoms with E-state index in [0.29, 0.717) is 23.6 Å². The predicted octanol–water partition coefficient (Wildman–Crippen LogP) is 4.14. The molecule has 0 bridgehead atoms. The number of aryl methyl sites for hydroxylation is 1. The van der Waals surface area contributed by atoms with Crippen molar-refractivity contribution in [2.24, 2.45) is 0 Å². The van der Waals surface area contributed by atoms with Gasteiger partial charge >= 0.3 is 0 Å². The van der Waals surface area contributed by atoms with Crippen molar-refractivity contribution in [2.75, 3.05) is 5.32 Å². The molecule has 2 heterocycles. The SMILES string of the molecule is Cc1ccc(COc2ccc([C@@H]3[C@H](C)N[C@]4(C(=O)Nc5ccccc54)[C@@H]3[N+](=O)[O-])cc2)cc1. The third-order valence-electron chi connectivity index (χ3n) is 6.75. The number of hydrogen-bond acceptors (Lipinski definition) is 5. The second-order valence-electron chi connectivity index (χ2n) is 8.84. The fourth-order valence-corrected chi connectivity index (χ4v) is 5.19. The molecule has 0 radical (unpaired) electrons. The van der Waals surface area contributed by atoms with E-state index in [9.17, 15) is 14.9 Å². The molecule has 1 spiro atoms. The molecular formula is C26H25N3O4. The van der Waals surface area contributed by atoms with Gasteiger partial charge in [0.05, 0.1) is 5.92 Å². The van der Waals surface area contributed by atoms with Crippen molar-refractivity contribution in [2.45, 2.75) is 44.0 Å². The Kier molecular flexibility index (Phi) is 5.13. The van der Waals surface area contributed by atoms with Gasteiger partial charge in [-0.25, -0.2) is 0 Å². The fraction of sp³-hybridized carbons (Fsp3) is 0.269. The zero-order valence-corrected chi connectivity index (χ0v) is 18.4. The lowest BCUT2D eigenvalue weighted by molar-refractivity contribution is -0.532.